The number of aliphatic hydroxyl groups is 1. The predicted octanol–water partition coefficient (Wildman–Crippen LogP) is 5.17. The topological polar surface area (TPSA) is 103 Å². The zero-order valence-corrected chi connectivity index (χ0v) is 21.0. The largest absolute Gasteiger partial charge is 0.494 e. The molecule has 0 aliphatic carbocycles. The van der Waals surface area contributed by atoms with Crippen LogP contribution in [0.1, 0.15) is 50.7 Å². The molecule has 7 nitrogen and oxygen atoms in total. The fourth-order valence-electron chi connectivity index (χ4n) is 3.09. The summed E-state index contributed by atoms with van der Waals surface area (Å²) in [6.45, 7) is 4.35. The molecule has 0 saturated carbocycles. The first-order valence-electron chi connectivity index (χ1n) is 11.5. The van der Waals surface area contributed by atoms with Crippen molar-refractivity contribution in [3.8, 4) is 11.5 Å². The maximum Gasteiger partial charge on any atom is 0.305 e. The lowest BCUT2D eigenvalue weighted by Crippen LogP contribution is -2.22. The molecule has 0 amide bonds. The van der Waals surface area contributed by atoms with Crippen molar-refractivity contribution in [1.29, 1.82) is 0 Å². The second kappa shape index (κ2) is 15.7. The van der Waals surface area contributed by atoms with Gasteiger partial charge in [-0.1, -0.05) is 36.5 Å². The Morgan fingerprint density at radius 2 is 1.62 bits per heavy atom. The number of unbranched alkanes of at least 4 members (excludes halogenated alkanes) is 2. The van der Waals surface area contributed by atoms with Gasteiger partial charge in [0.1, 0.15) is 24.7 Å². The molecule has 0 fully saturated rings. The van der Waals surface area contributed by atoms with Crippen LogP contribution < -0.4 is 20.5 Å². The van der Waals surface area contributed by atoms with Gasteiger partial charge in [-0.15, -0.1) is 0 Å². The Balaban J connectivity index is 1.48. The van der Waals surface area contributed by atoms with Gasteiger partial charge in [-0.05, 0) is 67.8 Å². The lowest BCUT2D eigenvalue weighted by molar-refractivity contribution is -0.144. The zero-order chi connectivity index (χ0) is 24.8. The Morgan fingerprint density at radius 1 is 1.00 bits per heavy atom. The minimum atomic E-state index is -0.736. The minimum Gasteiger partial charge on any atom is -0.494 e. The van der Waals surface area contributed by atoms with Crippen LogP contribution in [0.3, 0.4) is 0 Å². The molecule has 2 aromatic carbocycles. The van der Waals surface area contributed by atoms with Crippen molar-refractivity contribution in [3.63, 3.8) is 0 Å². The maximum atomic E-state index is 11.8. The van der Waals surface area contributed by atoms with Gasteiger partial charge in [0.2, 0.25) is 0 Å². The summed E-state index contributed by atoms with van der Waals surface area (Å²) < 4.78 is 16.3. The van der Waals surface area contributed by atoms with E-state index in [9.17, 15) is 9.90 Å². The predicted molar refractivity (Wildman–Crippen MR) is 136 cm³/mol. The molecular weight excluding hydrogens is 479 g/mol. The molecule has 0 heterocycles. The number of esters is 1. The van der Waals surface area contributed by atoms with Crippen LogP contribution in [0, 0.1) is 0 Å². The molecule has 1 atom stereocenters. The van der Waals surface area contributed by atoms with E-state index in [4.69, 9.17) is 43.1 Å². The molecule has 1 unspecified atom stereocenters. The third-order valence-electron chi connectivity index (χ3n) is 4.97. The van der Waals surface area contributed by atoms with Gasteiger partial charge in [-0.2, -0.15) is 0 Å². The molecule has 0 bridgehead atoms. The fourth-order valence-corrected chi connectivity index (χ4v) is 3.59. The highest BCUT2D eigenvalue weighted by atomic mass is 35.5. The van der Waals surface area contributed by atoms with Crippen LogP contribution in [-0.4, -0.2) is 44.0 Å². The smallest absolute Gasteiger partial charge is 0.305 e. The first kappa shape index (κ1) is 28.1. The van der Waals surface area contributed by atoms with E-state index in [2.05, 4.69) is 12.2 Å². The molecular formula is C25H34Cl2N2O5. The summed E-state index contributed by atoms with van der Waals surface area (Å²) in [5, 5.41) is 14.1. The number of rotatable bonds is 16. The third-order valence-corrected chi connectivity index (χ3v) is 5.60. The van der Waals surface area contributed by atoms with Crippen LogP contribution >= 0.6 is 23.2 Å². The number of nitrogens with one attached hydrogen (secondary N) is 1. The molecule has 9 heteroatoms. The number of nitrogens with two attached hydrogens (primary N) is 1. The molecule has 2 aromatic rings. The summed E-state index contributed by atoms with van der Waals surface area (Å²) in [6.07, 6.45) is 3.09. The van der Waals surface area contributed by atoms with E-state index in [1.165, 1.54) is 0 Å². The normalized spacial score (nSPS) is 11.8. The Kier molecular flexibility index (Phi) is 12.9. The zero-order valence-electron chi connectivity index (χ0n) is 19.5. The quantitative estimate of drug-likeness (QED) is 0.162. The fraction of sp³-hybridized carbons (Fsp3) is 0.480. The van der Waals surface area contributed by atoms with Gasteiger partial charge in [0.25, 0.3) is 0 Å². The average molecular weight is 513 g/mol. The second-order valence-electron chi connectivity index (χ2n) is 7.82. The molecule has 0 aliphatic heterocycles. The number of benzene rings is 2. The minimum absolute atomic E-state index is 0.214. The van der Waals surface area contributed by atoms with Crippen LogP contribution in [0.25, 0.3) is 0 Å². The molecule has 2 rings (SSSR count). The number of hydrogen-bond acceptors (Lipinski definition) is 7. The lowest BCUT2D eigenvalue weighted by atomic mass is 10.1. The van der Waals surface area contributed by atoms with Crippen molar-refractivity contribution in [2.45, 2.75) is 45.1 Å². The Morgan fingerprint density at radius 3 is 2.24 bits per heavy atom. The van der Waals surface area contributed by atoms with E-state index in [1.54, 1.807) is 12.1 Å². The molecule has 0 radical (unpaired) electrons. The summed E-state index contributed by atoms with van der Waals surface area (Å²) in [7, 11) is 0. The Hall–Kier alpha value is -2.19. The lowest BCUT2D eigenvalue weighted by Gasteiger charge is -2.14. The molecule has 34 heavy (non-hydrogen) atoms. The third kappa shape index (κ3) is 10.4. The molecule has 0 aromatic heterocycles. The number of halogens is 2. The molecule has 0 spiro atoms. The standard InChI is InChI=1S/C25H34Cl2N2O5/c1-2-12-32-19-7-9-20(10-8-19)33-13-14-34-24(31)6-4-3-5-11-29-17-23(30)18-15-21(26)25(28)22(27)16-18/h7-10,15-16,23,29-30H,2-6,11-14,17,28H2,1H3. The monoisotopic (exact) mass is 512 g/mol. The van der Waals surface area contributed by atoms with Crippen LogP contribution in [0.4, 0.5) is 5.69 Å². The van der Waals surface area contributed by atoms with E-state index < -0.39 is 6.10 Å². The summed E-state index contributed by atoms with van der Waals surface area (Å²) in [6, 6.07) is 10.6. The van der Waals surface area contributed by atoms with Crippen molar-refractivity contribution >= 4 is 34.9 Å². The molecule has 4 N–H and O–H groups in total. The van der Waals surface area contributed by atoms with Gasteiger partial charge in [-0.3, -0.25) is 4.79 Å². The summed E-state index contributed by atoms with van der Waals surface area (Å²) in [5.74, 6) is 1.29. The van der Waals surface area contributed by atoms with Crippen LogP contribution in [0.2, 0.25) is 10.0 Å². The maximum absolute atomic E-state index is 11.8. The summed E-state index contributed by atoms with van der Waals surface area (Å²) >= 11 is 12.0. The van der Waals surface area contributed by atoms with E-state index in [1.807, 2.05) is 24.3 Å². The van der Waals surface area contributed by atoms with E-state index >= 15 is 0 Å². The molecule has 188 valence electrons. The number of aliphatic hydroxyl groups excluding tert-OH is 1. The van der Waals surface area contributed by atoms with Crippen molar-refractivity contribution in [1.82, 2.24) is 5.32 Å². The summed E-state index contributed by atoms with van der Waals surface area (Å²) in [4.78, 5) is 11.8. The van der Waals surface area contributed by atoms with Crippen LogP contribution in [0.5, 0.6) is 11.5 Å². The van der Waals surface area contributed by atoms with E-state index in [0.29, 0.717) is 53.2 Å². The number of anilines is 1. The number of nitrogen functional groups attached to an aromatic ring is 1. The highest BCUT2D eigenvalue weighted by molar-refractivity contribution is 6.38. The summed E-state index contributed by atoms with van der Waals surface area (Å²) in [5.41, 5.74) is 6.63. The number of ether oxygens (including phenoxy) is 3. The number of hydrogen-bond donors (Lipinski definition) is 3. The van der Waals surface area contributed by atoms with Crippen molar-refractivity contribution in [3.05, 3.63) is 52.0 Å². The first-order chi connectivity index (χ1) is 16.4. The van der Waals surface area contributed by atoms with Gasteiger partial charge >= 0.3 is 5.97 Å². The van der Waals surface area contributed by atoms with E-state index in [0.717, 1.165) is 38.0 Å². The first-order valence-corrected chi connectivity index (χ1v) is 12.3. The van der Waals surface area contributed by atoms with Gasteiger partial charge in [-0.25, -0.2) is 0 Å². The van der Waals surface area contributed by atoms with Gasteiger partial charge in [0.15, 0.2) is 0 Å². The number of carbonyl (C=O) groups is 1. The van der Waals surface area contributed by atoms with Gasteiger partial charge in [0.05, 0.1) is 28.4 Å². The van der Waals surface area contributed by atoms with Crippen molar-refractivity contribution in [2.75, 3.05) is 38.6 Å². The molecule has 0 saturated heterocycles. The Bertz CT molecular complexity index is 857. The Labute approximate surface area is 211 Å². The van der Waals surface area contributed by atoms with Crippen molar-refractivity contribution < 1.29 is 24.1 Å². The van der Waals surface area contributed by atoms with Gasteiger partial charge in [0, 0.05) is 13.0 Å². The molecule has 0 aliphatic rings. The number of carbonyl (C=O) groups excluding carboxylic acids is 1. The van der Waals surface area contributed by atoms with Crippen molar-refractivity contribution in [2.24, 2.45) is 0 Å². The second-order valence-corrected chi connectivity index (χ2v) is 8.63. The average Bonchev–Trinajstić information content (AvgIpc) is 2.83. The van der Waals surface area contributed by atoms with Crippen LogP contribution in [-0.2, 0) is 9.53 Å². The highest BCUT2D eigenvalue weighted by Crippen LogP contribution is 2.31. The van der Waals surface area contributed by atoms with Gasteiger partial charge < -0.3 is 30.4 Å². The van der Waals surface area contributed by atoms with Crippen LogP contribution in [0.15, 0.2) is 36.4 Å². The highest BCUT2D eigenvalue weighted by Gasteiger charge is 2.12. The van der Waals surface area contributed by atoms with E-state index in [-0.39, 0.29) is 12.6 Å². The SMILES string of the molecule is CCCOc1ccc(OCCOC(=O)CCCCCNCC(O)c2cc(Cl)c(N)c(Cl)c2)cc1.